The lowest BCUT2D eigenvalue weighted by Gasteiger charge is -2.36. The van der Waals surface area contributed by atoms with Crippen molar-refractivity contribution in [1.82, 2.24) is 4.98 Å². The molecule has 1 aromatic carbocycles. The number of fused-ring (bicyclic) bond motifs is 1. The maximum atomic E-state index is 6.43. The van der Waals surface area contributed by atoms with Gasteiger partial charge in [0.25, 0.3) is 0 Å². The first-order valence-corrected chi connectivity index (χ1v) is 6.82. The molecule has 102 valence electrons. The van der Waals surface area contributed by atoms with Gasteiger partial charge in [0, 0.05) is 18.7 Å². The predicted octanol–water partition coefficient (Wildman–Crippen LogP) is 3.44. The van der Waals surface area contributed by atoms with Crippen LogP contribution in [0.1, 0.15) is 38.3 Å². The lowest BCUT2D eigenvalue weighted by atomic mass is 9.84. The summed E-state index contributed by atoms with van der Waals surface area (Å²) in [6.07, 6.45) is 3.63. The quantitative estimate of drug-likeness (QED) is 0.893. The fourth-order valence-electron chi connectivity index (χ4n) is 2.67. The van der Waals surface area contributed by atoms with Gasteiger partial charge >= 0.3 is 0 Å². The first kappa shape index (κ1) is 14.0. The lowest BCUT2D eigenvalue weighted by Crippen LogP contribution is -2.42. The summed E-state index contributed by atoms with van der Waals surface area (Å²) in [7, 11) is 1.74. The van der Waals surface area contributed by atoms with Crippen LogP contribution in [-0.4, -0.2) is 17.7 Å². The Morgan fingerprint density at radius 2 is 1.95 bits per heavy atom. The van der Waals surface area contributed by atoms with Crippen LogP contribution in [0, 0.1) is 0 Å². The Kier molecular flexibility index (Phi) is 4.17. The van der Waals surface area contributed by atoms with Crippen LogP contribution in [0.5, 0.6) is 0 Å². The van der Waals surface area contributed by atoms with E-state index in [4.69, 9.17) is 10.5 Å². The Morgan fingerprint density at radius 3 is 2.58 bits per heavy atom. The summed E-state index contributed by atoms with van der Waals surface area (Å²) >= 11 is 0. The van der Waals surface area contributed by atoms with Crippen LogP contribution < -0.4 is 5.73 Å². The standard InChI is InChI=1S/C16H22N2O/c1-4-16(5-2,19-3)15(17)13-10-12-8-6-7-9-14(12)18-11-13/h6-11,15H,4-5,17H2,1-3H3. The summed E-state index contributed by atoms with van der Waals surface area (Å²) in [6.45, 7) is 4.22. The molecule has 3 nitrogen and oxygen atoms in total. The van der Waals surface area contributed by atoms with E-state index in [2.05, 4.69) is 31.0 Å². The Labute approximate surface area is 114 Å². The van der Waals surface area contributed by atoms with Crippen molar-refractivity contribution in [3.63, 3.8) is 0 Å². The molecule has 3 heteroatoms. The first-order chi connectivity index (χ1) is 9.16. The number of rotatable bonds is 5. The molecule has 2 aromatic rings. The van der Waals surface area contributed by atoms with Crippen LogP contribution in [-0.2, 0) is 4.74 Å². The Bertz CT molecular complexity index is 541. The Hall–Kier alpha value is -1.45. The van der Waals surface area contributed by atoms with Crippen molar-refractivity contribution in [3.8, 4) is 0 Å². The third-order valence-electron chi connectivity index (χ3n) is 4.14. The van der Waals surface area contributed by atoms with Gasteiger partial charge in [0.05, 0.1) is 17.2 Å². The summed E-state index contributed by atoms with van der Waals surface area (Å²) in [5.41, 5.74) is 8.14. The minimum Gasteiger partial charge on any atom is -0.376 e. The molecule has 1 aromatic heterocycles. The van der Waals surface area contributed by atoms with Gasteiger partial charge in [-0.05, 0) is 30.5 Å². The highest BCUT2D eigenvalue weighted by atomic mass is 16.5. The number of nitrogens with two attached hydrogens (primary N) is 1. The molecule has 0 fully saturated rings. The fraction of sp³-hybridized carbons (Fsp3) is 0.438. The van der Waals surface area contributed by atoms with Crippen molar-refractivity contribution in [2.75, 3.05) is 7.11 Å². The minimum atomic E-state index is -0.315. The number of methoxy groups -OCH3 is 1. The van der Waals surface area contributed by atoms with Crippen LogP contribution in [0.15, 0.2) is 36.5 Å². The van der Waals surface area contributed by atoms with Gasteiger partial charge in [0.2, 0.25) is 0 Å². The van der Waals surface area contributed by atoms with Gasteiger partial charge in [-0.15, -0.1) is 0 Å². The van der Waals surface area contributed by atoms with Gasteiger partial charge in [0.1, 0.15) is 0 Å². The van der Waals surface area contributed by atoms with E-state index < -0.39 is 0 Å². The summed E-state index contributed by atoms with van der Waals surface area (Å²) in [4.78, 5) is 4.48. The second-order valence-corrected chi connectivity index (χ2v) is 4.92. The number of ether oxygens (including phenoxy) is 1. The van der Waals surface area contributed by atoms with Gasteiger partial charge < -0.3 is 10.5 Å². The van der Waals surface area contributed by atoms with Crippen molar-refractivity contribution in [3.05, 3.63) is 42.1 Å². The van der Waals surface area contributed by atoms with E-state index in [-0.39, 0.29) is 11.6 Å². The molecule has 0 saturated carbocycles. The van der Waals surface area contributed by atoms with Gasteiger partial charge in [-0.2, -0.15) is 0 Å². The molecular formula is C16H22N2O. The highest BCUT2D eigenvalue weighted by molar-refractivity contribution is 5.78. The second-order valence-electron chi connectivity index (χ2n) is 4.92. The topological polar surface area (TPSA) is 48.1 Å². The van der Waals surface area contributed by atoms with Crippen LogP contribution in [0.4, 0.5) is 0 Å². The van der Waals surface area contributed by atoms with E-state index in [1.165, 1.54) is 0 Å². The molecule has 0 amide bonds. The molecule has 0 spiro atoms. The van der Waals surface area contributed by atoms with E-state index >= 15 is 0 Å². The molecule has 0 saturated heterocycles. The van der Waals surface area contributed by atoms with Gasteiger partial charge in [0.15, 0.2) is 0 Å². The number of hydrogen-bond donors (Lipinski definition) is 1. The molecule has 0 bridgehead atoms. The van der Waals surface area contributed by atoms with Crippen LogP contribution in [0.2, 0.25) is 0 Å². The van der Waals surface area contributed by atoms with E-state index in [0.717, 1.165) is 29.3 Å². The monoisotopic (exact) mass is 258 g/mol. The number of nitrogens with zero attached hydrogens (tertiary/aromatic N) is 1. The van der Waals surface area contributed by atoms with E-state index in [1.54, 1.807) is 7.11 Å². The number of hydrogen-bond acceptors (Lipinski definition) is 3. The summed E-state index contributed by atoms with van der Waals surface area (Å²) < 4.78 is 5.71. The maximum Gasteiger partial charge on any atom is 0.0865 e. The van der Waals surface area contributed by atoms with Crippen molar-refractivity contribution in [2.45, 2.75) is 38.3 Å². The maximum absolute atomic E-state index is 6.43. The highest BCUT2D eigenvalue weighted by Gasteiger charge is 2.34. The molecule has 19 heavy (non-hydrogen) atoms. The molecular weight excluding hydrogens is 236 g/mol. The molecule has 1 heterocycles. The molecule has 0 aliphatic carbocycles. The fourth-order valence-corrected chi connectivity index (χ4v) is 2.67. The summed E-state index contributed by atoms with van der Waals surface area (Å²) in [5, 5.41) is 1.12. The van der Waals surface area contributed by atoms with Crippen LogP contribution in [0.3, 0.4) is 0 Å². The molecule has 0 radical (unpaired) electrons. The smallest absolute Gasteiger partial charge is 0.0865 e. The SMILES string of the molecule is CCC(CC)(OC)C(N)c1cnc2ccccc2c1. The molecule has 0 aliphatic rings. The second kappa shape index (κ2) is 5.68. The number of para-hydroxylation sites is 1. The number of pyridine rings is 1. The zero-order valence-electron chi connectivity index (χ0n) is 11.9. The summed E-state index contributed by atoms with van der Waals surface area (Å²) in [6, 6.07) is 10.0. The van der Waals surface area contributed by atoms with Gasteiger partial charge in [-0.3, -0.25) is 4.98 Å². The third kappa shape index (κ3) is 2.48. The molecule has 1 unspecified atom stereocenters. The number of benzene rings is 1. The normalized spacial score (nSPS) is 13.7. The highest BCUT2D eigenvalue weighted by Crippen LogP contribution is 2.33. The van der Waals surface area contributed by atoms with Crippen molar-refractivity contribution >= 4 is 10.9 Å². The summed E-state index contributed by atoms with van der Waals surface area (Å²) in [5.74, 6) is 0. The zero-order valence-corrected chi connectivity index (χ0v) is 11.9. The Morgan fingerprint density at radius 1 is 1.26 bits per heavy atom. The molecule has 1 atom stereocenters. The Balaban J connectivity index is 2.43. The van der Waals surface area contributed by atoms with Crippen molar-refractivity contribution < 1.29 is 4.74 Å². The third-order valence-corrected chi connectivity index (χ3v) is 4.14. The average molecular weight is 258 g/mol. The van der Waals surface area contributed by atoms with Crippen molar-refractivity contribution in [2.24, 2.45) is 5.73 Å². The minimum absolute atomic E-state index is 0.162. The predicted molar refractivity (Wildman–Crippen MR) is 79.0 cm³/mol. The van der Waals surface area contributed by atoms with Gasteiger partial charge in [-0.1, -0.05) is 32.0 Å². The molecule has 2 N–H and O–H groups in total. The van der Waals surface area contributed by atoms with Crippen LogP contribution >= 0.6 is 0 Å². The molecule has 0 aliphatic heterocycles. The zero-order chi connectivity index (χ0) is 13.9. The average Bonchev–Trinajstić information content (AvgIpc) is 2.49. The lowest BCUT2D eigenvalue weighted by molar-refractivity contribution is -0.0386. The number of aromatic nitrogens is 1. The van der Waals surface area contributed by atoms with Crippen LogP contribution in [0.25, 0.3) is 10.9 Å². The van der Waals surface area contributed by atoms with E-state index in [1.807, 2.05) is 24.4 Å². The van der Waals surface area contributed by atoms with E-state index in [9.17, 15) is 0 Å². The molecule has 2 rings (SSSR count). The van der Waals surface area contributed by atoms with E-state index in [0.29, 0.717) is 0 Å². The van der Waals surface area contributed by atoms with Gasteiger partial charge in [-0.25, -0.2) is 0 Å². The first-order valence-electron chi connectivity index (χ1n) is 6.82. The van der Waals surface area contributed by atoms with Crippen molar-refractivity contribution in [1.29, 1.82) is 0 Å². The largest absolute Gasteiger partial charge is 0.376 e.